The fourth-order valence-corrected chi connectivity index (χ4v) is 6.44. The Balaban J connectivity index is 1.42. The molecule has 0 aliphatic carbocycles. The zero-order valence-electron chi connectivity index (χ0n) is 22.8. The third-order valence-electron chi connectivity index (χ3n) is 7.51. The highest BCUT2D eigenvalue weighted by molar-refractivity contribution is 7.12. The number of halogens is 3. The van der Waals surface area contributed by atoms with Gasteiger partial charge in [0.15, 0.2) is 0 Å². The second-order valence-corrected chi connectivity index (χ2v) is 11.4. The summed E-state index contributed by atoms with van der Waals surface area (Å²) in [4.78, 5) is 34.8. The zero-order chi connectivity index (χ0) is 29.9. The van der Waals surface area contributed by atoms with E-state index in [1.807, 2.05) is 67.6 Å². The van der Waals surface area contributed by atoms with E-state index in [0.29, 0.717) is 17.8 Å². The van der Waals surface area contributed by atoms with Crippen molar-refractivity contribution < 1.29 is 27.9 Å². The van der Waals surface area contributed by atoms with Gasteiger partial charge in [-0.15, -0.1) is 11.3 Å². The molecule has 0 spiro atoms. The highest BCUT2D eigenvalue weighted by Gasteiger charge is 2.47. The summed E-state index contributed by atoms with van der Waals surface area (Å²) < 4.78 is 38.8. The molecular weight excluding hydrogens is 565 g/mol. The number of nitrogens with one attached hydrogen (secondary N) is 1. The molecule has 5 rings (SSSR count). The molecule has 7 nitrogen and oxygen atoms in total. The number of aryl methyl sites for hydroxylation is 1. The number of anilines is 1. The summed E-state index contributed by atoms with van der Waals surface area (Å²) in [6.45, 7) is 2.56. The van der Waals surface area contributed by atoms with Crippen molar-refractivity contribution in [1.29, 1.82) is 0 Å². The van der Waals surface area contributed by atoms with Crippen molar-refractivity contribution >= 4 is 29.1 Å². The van der Waals surface area contributed by atoms with E-state index in [2.05, 4.69) is 5.32 Å². The molecule has 1 aliphatic rings. The van der Waals surface area contributed by atoms with Crippen LogP contribution in [0.25, 0.3) is 11.3 Å². The summed E-state index contributed by atoms with van der Waals surface area (Å²) >= 11 is 1.46. The molecular formula is C31H29F3N4O3S. The Morgan fingerprint density at radius 3 is 2.14 bits per heavy atom. The Morgan fingerprint density at radius 2 is 1.57 bits per heavy atom. The van der Waals surface area contributed by atoms with Crippen LogP contribution in [0.1, 0.15) is 33.9 Å². The first-order valence-corrected chi connectivity index (χ1v) is 14.2. The number of hydrogen-bond acceptors (Lipinski definition) is 4. The van der Waals surface area contributed by atoms with E-state index in [4.69, 9.17) is 4.98 Å². The second-order valence-electron chi connectivity index (χ2n) is 10.2. The first-order chi connectivity index (χ1) is 20.1. The molecule has 218 valence electrons. The summed E-state index contributed by atoms with van der Waals surface area (Å²) in [6.07, 6.45) is -4.96. The molecule has 4 aromatic rings. The van der Waals surface area contributed by atoms with Gasteiger partial charge in [0.05, 0.1) is 11.3 Å². The number of thiazole rings is 1. The minimum Gasteiger partial charge on any atom is -0.465 e. The lowest BCUT2D eigenvalue weighted by Crippen LogP contribution is -2.56. The second kappa shape index (κ2) is 11.8. The minimum atomic E-state index is -4.47. The van der Waals surface area contributed by atoms with E-state index in [-0.39, 0.29) is 25.3 Å². The fourth-order valence-electron chi connectivity index (χ4n) is 5.25. The van der Waals surface area contributed by atoms with E-state index in [1.165, 1.54) is 28.4 Å². The van der Waals surface area contributed by atoms with Crippen molar-refractivity contribution in [3.05, 3.63) is 106 Å². The molecule has 3 aromatic carbocycles. The largest absolute Gasteiger partial charge is 0.465 e. The van der Waals surface area contributed by atoms with Gasteiger partial charge in [-0.25, -0.2) is 14.6 Å². The van der Waals surface area contributed by atoms with E-state index >= 15 is 0 Å². The summed E-state index contributed by atoms with van der Waals surface area (Å²) in [7, 11) is 0. The number of likely N-dealkylation sites (tertiary alicyclic amines) is 1. The maximum absolute atomic E-state index is 13.1. The molecule has 42 heavy (non-hydrogen) atoms. The van der Waals surface area contributed by atoms with Crippen molar-refractivity contribution in [3.63, 3.8) is 0 Å². The molecule has 1 aromatic heterocycles. The minimum absolute atomic E-state index is 0.146. The molecule has 11 heteroatoms. The summed E-state index contributed by atoms with van der Waals surface area (Å²) in [6, 6.07) is 22.8. The van der Waals surface area contributed by atoms with Crippen LogP contribution in [-0.2, 0) is 18.3 Å². The van der Waals surface area contributed by atoms with Gasteiger partial charge in [0.1, 0.15) is 10.5 Å². The van der Waals surface area contributed by atoms with Gasteiger partial charge in [-0.3, -0.25) is 4.90 Å². The molecule has 1 saturated heterocycles. The van der Waals surface area contributed by atoms with Crippen LogP contribution in [0.4, 0.5) is 28.4 Å². The SMILES string of the molecule is Cc1sc(C2(N(Cc3ccccc3)C(=O)O)CCN(C(=O)Nc3ccc(C(F)(F)F)cc3)CC2)nc1-c1ccccc1. The number of carbonyl (C=O) groups is 2. The molecule has 1 fully saturated rings. The number of carboxylic acid groups (broad SMARTS) is 1. The van der Waals surface area contributed by atoms with Crippen molar-refractivity contribution in [2.75, 3.05) is 18.4 Å². The average Bonchev–Trinajstić information content (AvgIpc) is 3.38. The van der Waals surface area contributed by atoms with Crippen LogP contribution in [0.3, 0.4) is 0 Å². The van der Waals surface area contributed by atoms with Gasteiger partial charge in [0.25, 0.3) is 0 Å². The number of nitrogens with zero attached hydrogens (tertiary/aromatic N) is 3. The Labute approximate surface area is 245 Å². The molecule has 0 bridgehead atoms. The maximum atomic E-state index is 13.1. The molecule has 0 radical (unpaired) electrons. The highest BCUT2D eigenvalue weighted by Crippen LogP contribution is 2.44. The number of piperidine rings is 1. The lowest BCUT2D eigenvalue weighted by atomic mass is 9.85. The molecule has 2 N–H and O–H groups in total. The Bertz CT molecular complexity index is 1540. The molecule has 0 atom stereocenters. The Morgan fingerprint density at radius 1 is 0.976 bits per heavy atom. The lowest BCUT2D eigenvalue weighted by molar-refractivity contribution is -0.137. The molecule has 3 amide bonds. The number of aromatic nitrogens is 1. The molecule has 2 heterocycles. The Hall–Kier alpha value is -4.38. The third kappa shape index (κ3) is 6.11. The summed E-state index contributed by atoms with van der Waals surface area (Å²) in [5, 5.41) is 13.8. The topological polar surface area (TPSA) is 85.8 Å². The van der Waals surface area contributed by atoms with Crippen LogP contribution in [-0.4, -0.2) is 45.1 Å². The number of amides is 3. The number of hydrogen-bond donors (Lipinski definition) is 2. The van der Waals surface area contributed by atoms with E-state index < -0.39 is 29.4 Å². The van der Waals surface area contributed by atoms with Gasteiger partial charge < -0.3 is 15.3 Å². The monoisotopic (exact) mass is 594 g/mol. The normalized spacial score (nSPS) is 14.8. The van der Waals surface area contributed by atoms with Gasteiger partial charge in [-0.2, -0.15) is 13.2 Å². The van der Waals surface area contributed by atoms with Crippen LogP contribution >= 0.6 is 11.3 Å². The van der Waals surface area contributed by atoms with Crippen LogP contribution in [0.15, 0.2) is 84.9 Å². The number of benzene rings is 3. The average molecular weight is 595 g/mol. The Kier molecular flexibility index (Phi) is 8.22. The lowest BCUT2D eigenvalue weighted by Gasteiger charge is -2.46. The van der Waals surface area contributed by atoms with Crippen LogP contribution in [0, 0.1) is 6.92 Å². The van der Waals surface area contributed by atoms with Gasteiger partial charge in [0, 0.05) is 35.8 Å². The van der Waals surface area contributed by atoms with E-state index in [1.54, 1.807) is 4.90 Å². The van der Waals surface area contributed by atoms with Crippen molar-refractivity contribution in [3.8, 4) is 11.3 Å². The third-order valence-corrected chi connectivity index (χ3v) is 8.68. The standard InChI is InChI=1S/C31H29F3N4O3S/c1-21-26(23-10-6-3-7-11-23)36-27(42-21)30(38(29(40)41)20-22-8-4-2-5-9-22)16-18-37(19-17-30)28(39)35-25-14-12-24(13-15-25)31(32,33)34/h2-15H,16-20H2,1H3,(H,35,39)(H,40,41). The smallest absolute Gasteiger partial charge is 0.416 e. The predicted molar refractivity (Wildman–Crippen MR) is 155 cm³/mol. The van der Waals surface area contributed by atoms with E-state index in [9.17, 15) is 27.9 Å². The van der Waals surface area contributed by atoms with Crippen LogP contribution < -0.4 is 5.32 Å². The fraction of sp³-hybridized carbons (Fsp3) is 0.258. The number of carbonyl (C=O) groups excluding carboxylic acids is 1. The van der Waals surface area contributed by atoms with Gasteiger partial charge in [0.2, 0.25) is 0 Å². The first-order valence-electron chi connectivity index (χ1n) is 13.4. The van der Waals surface area contributed by atoms with Crippen molar-refractivity contribution in [2.24, 2.45) is 0 Å². The van der Waals surface area contributed by atoms with Crippen LogP contribution in [0.5, 0.6) is 0 Å². The summed E-state index contributed by atoms with van der Waals surface area (Å²) in [5.41, 5.74) is 1.01. The predicted octanol–water partition coefficient (Wildman–Crippen LogP) is 7.84. The van der Waals surface area contributed by atoms with Gasteiger partial charge in [-0.1, -0.05) is 60.7 Å². The quantitative estimate of drug-likeness (QED) is 0.238. The molecule has 1 aliphatic heterocycles. The molecule has 0 saturated carbocycles. The van der Waals surface area contributed by atoms with Crippen LogP contribution in [0.2, 0.25) is 0 Å². The number of urea groups is 1. The zero-order valence-corrected chi connectivity index (χ0v) is 23.6. The van der Waals surface area contributed by atoms with E-state index in [0.717, 1.165) is 33.8 Å². The number of rotatable bonds is 6. The maximum Gasteiger partial charge on any atom is 0.416 e. The van der Waals surface area contributed by atoms with Gasteiger partial charge >= 0.3 is 18.3 Å². The highest BCUT2D eigenvalue weighted by atomic mass is 32.1. The first kappa shape index (κ1) is 29.1. The van der Waals surface area contributed by atoms with Crippen molar-refractivity contribution in [1.82, 2.24) is 14.8 Å². The van der Waals surface area contributed by atoms with Gasteiger partial charge in [-0.05, 0) is 49.6 Å². The molecule has 0 unspecified atom stereocenters. The van der Waals surface area contributed by atoms with Crippen molar-refractivity contribution in [2.45, 2.75) is 38.0 Å². The number of alkyl halides is 3. The summed E-state index contributed by atoms with van der Waals surface area (Å²) in [5.74, 6) is 0.